The van der Waals surface area contributed by atoms with Gasteiger partial charge in [0.05, 0.1) is 5.69 Å². The van der Waals surface area contributed by atoms with E-state index in [-0.39, 0.29) is 0 Å². The zero-order valence-corrected chi connectivity index (χ0v) is 11.7. The predicted molar refractivity (Wildman–Crippen MR) is 74.8 cm³/mol. The zero-order valence-electron chi connectivity index (χ0n) is 10.8. The molecule has 0 radical (unpaired) electrons. The number of nitrogens with zero attached hydrogens (tertiary/aromatic N) is 1. The Morgan fingerprint density at radius 2 is 1.95 bits per heavy atom. The van der Waals surface area contributed by atoms with Crippen LogP contribution in [0.4, 0.5) is 5.69 Å². The van der Waals surface area contributed by atoms with Crippen molar-refractivity contribution in [3.63, 3.8) is 0 Å². The molecule has 0 amide bonds. The van der Waals surface area contributed by atoms with Crippen molar-refractivity contribution < 1.29 is 14.4 Å². The fourth-order valence-electron chi connectivity index (χ4n) is 2.74. The lowest BCUT2D eigenvalue weighted by Crippen LogP contribution is -2.34. The first-order valence-electron chi connectivity index (χ1n) is 6.52. The van der Waals surface area contributed by atoms with Gasteiger partial charge in [-0.1, -0.05) is 17.7 Å². The van der Waals surface area contributed by atoms with Gasteiger partial charge in [0.15, 0.2) is 17.2 Å². The molecule has 0 spiro atoms. The highest BCUT2D eigenvalue weighted by molar-refractivity contribution is 7.90. The van der Waals surface area contributed by atoms with Crippen molar-refractivity contribution in [3.05, 3.63) is 40.3 Å². The Labute approximate surface area is 115 Å². The zero-order chi connectivity index (χ0) is 13.4. The third-order valence-electron chi connectivity index (χ3n) is 3.75. The van der Waals surface area contributed by atoms with Crippen LogP contribution in [0.5, 0.6) is 0 Å². The number of benzene rings is 1. The standard InChI is InChI=1S/C14H17NO3S/c1-10-6-8-11(9-7-10)15-14(18-16)12-4-2-3-5-13(12)19(15)17/h6-9,14,16H,2-5H2,1H3/t14-,19?/m1/s1. The van der Waals surface area contributed by atoms with E-state index in [1.807, 2.05) is 31.2 Å². The second-order valence-electron chi connectivity index (χ2n) is 5.02. The fourth-order valence-corrected chi connectivity index (χ4v) is 4.37. The first-order valence-corrected chi connectivity index (χ1v) is 7.63. The van der Waals surface area contributed by atoms with Crippen molar-refractivity contribution in [1.29, 1.82) is 0 Å². The Balaban J connectivity index is 1.99. The van der Waals surface area contributed by atoms with E-state index in [9.17, 15) is 9.47 Å². The molecular weight excluding hydrogens is 262 g/mol. The quantitative estimate of drug-likeness (QED) is 0.668. The van der Waals surface area contributed by atoms with E-state index in [2.05, 4.69) is 4.89 Å². The van der Waals surface area contributed by atoms with Gasteiger partial charge >= 0.3 is 0 Å². The molecule has 1 unspecified atom stereocenters. The van der Waals surface area contributed by atoms with Crippen LogP contribution in [-0.4, -0.2) is 15.7 Å². The molecule has 102 valence electrons. The van der Waals surface area contributed by atoms with Crippen molar-refractivity contribution >= 4 is 16.7 Å². The Morgan fingerprint density at radius 3 is 2.63 bits per heavy atom. The molecule has 2 aliphatic rings. The summed E-state index contributed by atoms with van der Waals surface area (Å²) < 4.78 is 14.2. The molecule has 2 atom stereocenters. The maximum atomic E-state index is 12.6. The van der Waals surface area contributed by atoms with Gasteiger partial charge in [0.1, 0.15) is 0 Å². The Kier molecular flexibility index (Phi) is 3.43. The van der Waals surface area contributed by atoms with Gasteiger partial charge in [-0.2, -0.15) is 0 Å². The van der Waals surface area contributed by atoms with Crippen LogP contribution >= 0.6 is 0 Å². The largest absolute Gasteiger partial charge is 0.254 e. The van der Waals surface area contributed by atoms with Gasteiger partial charge in [-0.3, -0.25) is 4.31 Å². The summed E-state index contributed by atoms with van der Waals surface area (Å²) in [7, 11) is -1.24. The van der Waals surface area contributed by atoms with Gasteiger partial charge in [-0.25, -0.2) is 14.4 Å². The molecule has 0 bridgehead atoms. The van der Waals surface area contributed by atoms with Crippen molar-refractivity contribution in [3.8, 4) is 0 Å². The second-order valence-corrected chi connectivity index (χ2v) is 6.41. The lowest BCUT2D eigenvalue weighted by atomic mass is 9.98. The van der Waals surface area contributed by atoms with Gasteiger partial charge in [0, 0.05) is 4.91 Å². The minimum absolute atomic E-state index is 0.598. The number of allylic oxidation sites excluding steroid dienone is 1. The SMILES string of the molecule is Cc1ccc(N2[C@H](OO)C3=C(CCCC3)S2=O)cc1. The van der Waals surface area contributed by atoms with E-state index in [4.69, 9.17) is 0 Å². The normalized spacial score (nSPS) is 26.7. The highest BCUT2D eigenvalue weighted by atomic mass is 32.2. The van der Waals surface area contributed by atoms with E-state index in [1.54, 1.807) is 4.31 Å². The molecule has 0 aromatic heterocycles. The Bertz CT molecular complexity index is 538. The lowest BCUT2D eigenvalue weighted by Gasteiger charge is -2.24. The molecular formula is C14H17NO3S. The van der Waals surface area contributed by atoms with Gasteiger partial charge in [-0.05, 0) is 50.3 Å². The van der Waals surface area contributed by atoms with Crippen LogP contribution < -0.4 is 4.31 Å². The van der Waals surface area contributed by atoms with Gasteiger partial charge in [-0.15, -0.1) is 0 Å². The van der Waals surface area contributed by atoms with E-state index in [0.29, 0.717) is 0 Å². The molecule has 1 aromatic rings. The van der Waals surface area contributed by atoms with Gasteiger partial charge in [0.25, 0.3) is 0 Å². The van der Waals surface area contributed by atoms with Crippen molar-refractivity contribution in [1.82, 2.24) is 0 Å². The number of aryl methyl sites for hydroxylation is 1. The van der Waals surface area contributed by atoms with Gasteiger partial charge in [0.2, 0.25) is 0 Å². The summed E-state index contributed by atoms with van der Waals surface area (Å²) in [5.41, 5.74) is 2.96. The third-order valence-corrected chi connectivity index (χ3v) is 5.39. The second kappa shape index (κ2) is 5.07. The smallest absolute Gasteiger partial charge is 0.199 e. The predicted octanol–water partition coefficient (Wildman–Crippen LogP) is 3.12. The summed E-state index contributed by atoms with van der Waals surface area (Å²) in [4.78, 5) is 5.56. The summed E-state index contributed by atoms with van der Waals surface area (Å²) in [5.74, 6) is 0. The molecule has 1 heterocycles. The molecule has 0 fully saturated rings. The van der Waals surface area contributed by atoms with Crippen LogP contribution in [0, 0.1) is 6.92 Å². The van der Waals surface area contributed by atoms with Crippen LogP contribution in [0.2, 0.25) is 0 Å². The molecule has 4 nitrogen and oxygen atoms in total. The Morgan fingerprint density at radius 1 is 1.26 bits per heavy atom. The van der Waals surface area contributed by atoms with E-state index < -0.39 is 17.2 Å². The first kappa shape index (κ1) is 12.8. The minimum Gasteiger partial charge on any atom is -0.254 e. The third kappa shape index (κ3) is 2.12. The summed E-state index contributed by atoms with van der Waals surface area (Å²) in [6, 6.07) is 7.77. The minimum atomic E-state index is -1.24. The molecule has 1 aliphatic carbocycles. The summed E-state index contributed by atoms with van der Waals surface area (Å²) >= 11 is 0. The van der Waals surface area contributed by atoms with E-state index >= 15 is 0 Å². The summed E-state index contributed by atoms with van der Waals surface area (Å²) in [6.07, 6.45) is 3.22. The van der Waals surface area contributed by atoms with Crippen LogP contribution in [0.1, 0.15) is 31.2 Å². The van der Waals surface area contributed by atoms with E-state index in [1.165, 1.54) is 0 Å². The van der Waals surface area contributed by atoms with Crippen LogP contribution in [0.25, 0.3) is 0 Å². The molecule has 0 saturated carbocycles. The highest BCUT2D eigenvalue weighted by Crippen LogP contribution is 2.41. The number of hydrogen-bond acceptors (Lipinski definition) is 3. The molecule has 1 aliphatic heterocycles. The monoisotopic (exact) mass is 279 g/mol. The molecule has 1 aromatic carbocycles. The average molecular weight is 279 g/mol. The van der Waals surface area contributed by atoms with Crippen molar-refractivity contribution in [2.24, 2.45) is 0 Å². The lowest BCUT2D eigenvalue weighted by molar-refractivity contribution is -0.265. The fraction of sp³-hybridized carbons (Fsp3) is 0.429. The maximum Gasteiger partial charge on any atom is 0.199 e. The molecule has 0 saturated heterocycles. The maximum absolute atomic E-state index is 12.6. The number of hydrogen-bond donors (Lipinski definition) is 1. The number of anilines is 1. The topological polar surface area (TPSA) is 49.8 Å². The molecule has 1 N–H and O–H groups in total. The molecule has 5 heteroatoms. The van der Waals surface area contributed by atoms with Crippen molar-refractivity contribution in [2.75, 3.05) is 4.31 Å². The number of rotatable bonds is 2. The van der Waals surface area contributed by atoms with Crippen molar-refractivity contribution in [2.45, 2.75) is 38.8 Å². The van der Waals surface area contributed by atoms with E-state index in [0.717, 1.165) is 47.4 Å². The van der Waals surface area contributed by atoms with Crippen LogP contribution in [0.3, 0.4) is 0 Å². The Hall–Kier alpha value is -1.17. The molecule has 19 heavy (non-hydrogen) atoms. The average Bonchev–Trinajstić information content (AvgIpc) is 2.73. The summed E-state index contributed by atoms with van der Waals surface area (Å²) in [5, 5.41) is 9.20. The molecule has 3 rings (SSSR count). The summed E-state index contributed by atoms with van der Waals surface area (Å²) in [6.45, 7) is 2.01. The highest BCUT2D eigenvalue weighted by Gasteiger charge is 2.41. The van der Waals surface area contributed by atoms with Crippen LogP contribution in [-0.2, 0) is 15.9 Å². The van der Waals surface area contributed by atoms with Crippen LogP contribution in [0.15, 0.2) is 34.7 Å². The van der Waals surface area contributed by atoms with Gasteiger partial charge < -0.3 is 0 Å². The first-order chi connectivity index (χ1) is 9.22.